The van der Waals surface area contributed by atoms with Crippen LogP contribution in [0.5, 0.6) is 5.75 Å². The van der Waals surface area contributed by atoms with Crippen molar-refractivity contribution < 1.29 is 14.2 Å². The van der Waals surface area contributed by atoms with Crippen molar-refractivity contribution in [2.24, 2.45) is 0 Å². The topological polar surface area (TPSA) is 39.7 Å². The first-order chi connectivity index (χ1) is 12.5. The highest BCUT2D eigenvalue weighted by Crippen LogP contribution is 2.44. The van der Waals surface area contributed by atoms with E-state index in [1.165, 1.54) is 0 Å². The van der Waals surface area contributed by atoms with Crippen molar-refractivity contribution in [2.75, 3.05) is 18.5 Å². The molecule has 0 amide bonds. The van der Waals surface area contributed by atoms with Gasteiger partial charge in [0, 0.05) is 24.4 Å². The van der Waals surface area contributed by atoms with Gasteiger partial charge in [0.15, 0.2) is 0 Å². The molecule has 4 nitrogen and oxygen atoms in total. The van der Waals surface area contributed by atoms with Gasteiger partial charge in [-0.3, -0.25) is 0 Å². The first kappa shape index (κ1) is 18.7. The van der Waals surface area contributed by atoms with Crippen molar-refractivity contribution >= 4 is 5.69 Å². The van der Waals surface area contributed by atoms with Gasteiger partial charge in [-0.05, 0) is 51.5 Å². The lowest BCUT2D eigenvalue weighted by Crippen LogP contribution is -2.51. The van der Waals surface area contributed by atoms with Gasteiger partial charge >= 0.3 is 0 Å². The Kier molecular flexibility index (Phi) is 5.84. The summed E-state index contributed by atoms with van der Waals surface area (Å²) in [7, 11) is 0. The molecule has 140 valence electrons. The Balaban J connectivity index is 1.89. The summed E-state index contributed by atoms with van der Waals surface area (Å²) < 4.78 is 18.8. The molecule has 0 fully saturated rings. The minimum absolute atomic E-state index is 0.166. The number of hydrogen-bond donors (Lipinski definition) is 1. The molecule has 0 aromatic heterocycles. The number of benzene rings is 2. The maximum absolute atomic E-state index is 6.34. The summed E-state index contributed by atoms with van der Waals surface area (Å²) in [5.41, 5.74) is 2.77. The van der Waals surface area contributed by atoms with Crippen LogP contribution >= 0.6 is 0 Å². The molecular formula is C22H29NO3. The van der Waals surface area contributed by atoms with Gasteiger partial charge in [-0.15, -0.1) is 0 Å². The summed E-state index contributed by atoms with van der Waals surface area (Å²) in [6.45, 7) is 10.3. The lowest BCUT2D eigenvalue weighted by molar-refractivity contribution is -0.165. The van der Waals surface area contributed by atoms with Gasteiger partial charge < -0.3 is 19.5 Å². The zero-order valence-corrected chi connectivity index (χ0v) is 16.1. The molecule has 1 aliphatic heterocycles. The van der Waals surface area contributed by atoms with E-state index < -0.39 is 5.60 Å². The fraction of sp³-hybridized carbons (Fsp3) is 0.455. The average molecular weight is 355 g/mol. The van der Waals surface area contributed by atoms with Crippen LogP contribution in [0.2, 0.25) is 0 Å². The van der Waals surface area contributed by atoms with Crippen LogP contribution in [0.15, 0.2) is 48.5 Å². The van der Waals surface area contributed by atoms with Crippen LogP contribution in [0.4, 0.5) is 5.69 Å². The summed E-state index contributed by atoms with van der Waals surface area (Å²) >= 11 is 0. The molecule has 3 rings (SSSR count). The highest BCUT2D eigenvalue weighted by atomic mass is 16.6. The third-order valence-corrected chi connectivity index (χ3v) is 4.65. The highest BCUT2D eigenvalue weighted by Gasteiger charge is 2.45. The molecule has 0 spiro atoms. The summed E-state index contributed by atoms with van der Waals surface area (Å²) in [6, 6.07) is 16.4. The fourth-order valence-electron chi connectivity index (χ4n) is 3.45. The normalized spacial score (nSPS) is 20.9. The minimum Gasteiger partial charge on any atom is -0.485 e. The molecule has 0 aliphatic carbocycles. The number of nitrogens with one attached hydrogen (secondary N) is 1. The molecule has 2 aromatic rings. The SMILES string of the molecule is CCNc1ccc2c(c1)C(OCC)C(OCc1ccccc1)C(C)(C)O2. The van der Waals surface area contributed by atoms with Crippen molar-refractivity contribution in [2.45, 2.75) is 52.1 Å². The predicted octanol–water partition coefficient (Wildman–Crippen LogP) is 4.95. The summed E-state index contributed by atoms with van der Waals surface area (Å²) in [6.07, 6.45) is -0.367. The van der Waals surface area contributed by atoms with Crippen molar-refractivity contribution in [1.82, 2.24) is 0 Å². The molecule has 0 radical (unpaired) electrons. The van der Waals surface area contributed by atoms with Gasteiger partial charge in [0.1, 0.15) is 23.6 Å². The molecule has 1 aliphatic rings. The van der Waals surface area contributed by atoms with E-state index in [1.807, 2.05) is 37.3 Å². The second-order valence-corrected chi connectivity index (χ2v) is 7.08. The molecule has 2 atom stereocenters. The van der Waals surface area contributed by atoms with Crippen molar-refractivity contribution in [3.63, 3.8) is 0 Å². The standard InChI is InChI=1S/C22H29NO3/c1-5-23-17-12-13-19-18(14-17)20(24-6-2)21(22(3,4)26-19)25-15-16-10-8-7-9-11-16/h7-14,20-21,23H,5-6,15H2,1-4H3. The molecule has 4 heteroatoms. The van der Waals surface area contributed by atoms with Gasteiger partial charge in [0.05, 0.1) is 6.61 Å². The van der Waals surface area contributed by atoms with Crippen LogP contribution in [-0.2, 0) is 16.1 Å². The lowest BCUT2D eigenvalue weighted by atomic mass is 9.87. The van der Waals surface area contributed by atoms with Gasteiger partial charge in [-0.1, -0.05) is 30.3 Å². The quantitative estimate of drug-likeness (QED) is 0.762. The van der Waals surface area contributed by atoms with E-state index in [9.17, 15) is 0 Å². The van der Waals surface area contributed by atoms with Crippen LogP contribution in [0, 0.1) is 0 Å². The van der Waals surface area contributed by atoms with Crippen molar-refractivity contribution in [3.8, 4) is 5.75 Å². The van der Waals surface area contributed by atoms with Crippen LogP contribution < -0.4 is 10.1 Å². The Hall–Kier alpha value is -2.04. The van der Waals surface area contributed by atoms with E-state index in [1.54, 1.807) is 0 Å². The zero-order chi connectivity index (χ0) is 18.6. The van der Waals surface area contributed by atoms with E-state index in [-0.39, 0.29) is 12.2 Å². The molecule has 0 saturated carbocycles. The van der Waals surface area contributed by atoms with Crippen LogP contribution in [0.1, 0.15) is 44.9 Å². The third kappa shape index (κ3) is 4.02. The monoisotopic (exact) mass is 355 g/mol. The second kappa shape index (κ2) is 8.11. The van der Waals surface area contributed by atoms with E-state index in [0.29, 0.717) is 13.2 Å². The number of hydrogen-bond acceptors (Lipinski definition) is 4. The van der Waals surface area contributed by atoms with Gasteiger partial charge in [0.25, 0.3) is 0 Å². The molecular weight excluding hydrogens is 326 g/mol. The molecule has 1 heterocycles. The lowest BCUT2D eigenvalue weighted by Gasteiger charge is -2.44. The van der Waals surface area contributed by atoms with Crippen LogP contribution in [0.3, 0.4) is 0 Å². The van der Waals surface area contributed by atoms with E-state index in [4.69, 9.17) is 14.2 Å². The number of rotatable bonds is 7. The number of ether oxygens (including phenoxy) is 3. The molecule has 2 unspecified atom stereocenters. The summed E-state index contributed by atoms with van der Waals surface area (Å²) in [5.74, 6) is 0.870. The van der Waals surface area contributed by atoms with Gasteiger partial charge in [-0.25, -0.2) is 0 Å². The second-order valence-electron chi connectivity index (χ2n) is 7.08. The minimum atomic E-state index is -0.485. The largest absolute Gasteiger partial charge is 0.485 e. The maximum atomic E-state index is 6.34. The first-order valence-corrected chi connectivity index (χ1v) is 9.39. The Labute approximate surface area is 156 Å². The first-order valence-electron chi connectivity index (χ1n) is 9.39. The average Bonchev–Trinajstić information content (AvgIpc) is 2.62. The fourth-order valence-corrected chi connectivity index (χ4v) is 3.45. The molecule has 2 aromatic carbocycles. The predicted molar refractivity (Wildman–Crippen MR) is 105 cm³/mol. The highest BCUT2D eigenvalue weighted by molar-refractivity contribution is 5.53. The van der Waals surface area contributed by atoms with Crippen molar-refractivity contribution in [3.05, 3.63) is 59.7 Å². The van der Waals surface area contributed by atoms with E-state index in [0.717, 1.165) is 29.1 Å². The number of anilines is 1. The Morgan fingerprint density at radius 1 is 1.04 bits per heavy atom. The molecule has 26 heavy (non-hydrogen) atoms. The smallest absolute Gasteiger partial charge is 0.132 e. The number of fused-ring (bicyclic) bond motifs is 1. The van der Waals surface area contributed by atoms with E-state index >= 15 is 0 Å². The van der Waals surface area contributed by atoms with Crippen LogP contribution in [-0.4, -0.2) is 24.9 Å². The zero-order valence-electron chi connectivity index (χ0n) is 16.1. The van der Waals surface area contributed by atoms with Crippen molar-refractivity contribution in [1.29, 1.82) is 0 Å². The maximum Gasteiger partial charge on any atom is 0.132 e. The summed E-state index contributed by atoms with van der Waals surface area (Å²) in [4.78, 5) is 0. The van der Waals surface area contributed by atoms with Crippen LogP contribution in [0.25, 0.3) is 0 Å². The molecule has 1 N–H and O–H groups in total. The summed E-state index contributed by atoms with van der Waals surface area (Å²) in [5, 5.41) is 3.36. The Bertz CT molecular complexity index is 715. The van der Waals surface area contributed by atoms with Gasteiger partial charge in [0.2, 0.25) is 0 Å². The third-order valence-electron chi connectivity index (χ3n) is 4.65. The van der Waals surface area contributed by atoms with E-state index in [2.05, 4.69) is 44.3 Å². The van der Waals surface area contributed by atoms with Gasteiger partial charge in [-0.2, -0.15) is 0 Å². The molecule has 0 bridgehead atoms. The molecule has 0 saturated heterocycles. The Morgan fingerprint density at radius 3 is 2.50 bits per heavy atom. The Morgan fingerprint density at radius 2 is 1.81 bits per heavy atom.